The third-order valence-electron chi connectivity index (χ3n) is 5.53. The van der Waals surface area contributed by atoms with Gasteiger partial charge in [-0.1, -0.05) is 41.4 Å². The van der Waals surface area contributed by atoms with E-state index in [0.29, 0.717) is 37.6 Å². The predicted octanol–water partition coefficient (Wildman–Crippen LogP) is 4.27. The topological polar surface area (TPSA) is 80.2 Å². The SMILES string of the molecule is CCCCNC(=O)[C@]1(Cc2ccc(Br)cc2)N=C(c2ccc(OCCCO)cc2)O[C@@H]1C. The summed E-state index contributed by atoms with van der Waals surface area (Å²) in [6.07, 6.45) is 2.55. The average molecular weight is 503 g/mol. The predicted molar refractivity (Wildman–Crippen MR) is 129 cm³/mol. The molecular formula is C25H31BrN2O4. The van der Waals surface area contributed by atoms with Crippen molar-refractivity contribution in [2.75, 3.05) is 19.8 Å². The molecule has 3 rings (SSSR count). The Morgan fingerprint density at radius 2 is 1.91 bits per heavy atom. The smallest absolute Gasteiger partial charge is 0.252 e. The van der Waals surface area contributed by atoms with Crippen LogP contribution in [-0.4, -0.2) is 48.3 Å². The summed E-state index contributed by atoms with van der Waals surface area (Å²) < 4.78 is 12.7. The molecule has 32 heavy (non-hydrogen) atoms. The standard InChI is InChI=1S/C25H31BrN2O4/c1-3-4-14-27-24(30)25(17-19-6-10-21(26)11-7-19)18(2)32-23(28-25)20-8-12-22(13-9-20)31-16-5-15-29/h6-13,18,29H,3-5,14-17H2,1-2H3,(H,27,30)/t18-,25-/m1/s1. The lowest BCUT2D eigenvalue weighted by molar-refractivity contribution is -0.128. The fourth-order valence-corrected chi connectivity index (χ4v) is 3.85. The second-order valence-electron chi connectivity index (χ2n) is 7.96. The number of carbonyl (C=O) groups is 1. The third kappa shape index (κ3) is 5.90. The summed E-state index contributed by atoms with van der Waals surface area (Å²) in [5, 5.41) is 12.0. The zero-order valence-corrected chi connectivity index (χ0v) is 20.2. The van der Waals surface area contributed by atoms with Gasteiger partial charge in [-0.25, -0.2) is 4.99 Å². The van der Waals surface area contributed by atoms with Gasteiger partial charge in [-0.05, 0) is 55.3 Å². The molecule has 0 saturated heterocycles. The van der Waals surface area contributed by atoms with Crippen molar-refractivity contribution in [3.63, 3.8) is 0 Å². The van der Waals surface area contributed by atoms with E-state index >= 15 is 0 Å². The Balaban J connectivity index is 1.86. The number of rotatable bonds is 11. The van der Waals surface area contributed by atoms with E-state index in [1.165, 1.54) is 0 Å². The number of ether oxygens (including phenoxy) is 2. The van der Waals surface area contributed by atoms with Crippen LogP contribution in [-0.2, 0) is 16.0 Å². The molecule has 1 aliphatic heterocycles. The Kier molecular flexibility index (Phi) is 8.70. The molecule has 0 bridgehead atoms. The van der Waals surface area contributed by atoms with E-state index in [1.807, 2.05) is 55.5 Å². The minimum atomic E-state index is -1.03. The second-order valence-corrected chi connectivity index (χ2v) is 8.88. The maximum atomic E-state index is 13.4. The highest BCUT2D eigenvalue weighted by molar-refractivity contribution is 9.10. The molecule has 2 aromatic carbocycles. The van der Waals surface area contributed by atoms with Crippen LogP contribution in [0, 0.1) is 0 Å². The summed E-state index contributed by atoms with van der Waals surface area (Å²) in [7, 11) is 0. The summed E-state index contributed by atoms with van der Waals surface area (Å²) in [5.41, 5.74) is 0.782. The molecule has 0 aromatic heterocycles. The molecule has 2 N–H and O–H groups in total. The highest BCUT2D eigenvalue weighted by Crippen LogP contribution is 2.33. The first kappa shape index (κ1) is 24.3. The van der Waals surface area contributed by atoms with E-state index in [1.54, 1.807) is 0 Å². The fraction of sp³-hybridized carbons (Fsp3) is 0.440. The van der Waals surface area contributed by atoms with Gasteiger partial charge in [0.15, 0.2) is 5.54 Å². The number of aliphatic imine (C=N–C) groups is 1. The number of aliphatic hydroxyl groups is 1. The molecule has 1 heterocycles. The lowest BCUT2D eigenvalue weighted by Gasteiger charge is -2.28. The van der Waals surface area contributed by atoms with E-state index in [9.17, 15) is 4.79 Å². The van der Waals surface area contributed by atoms with Crippen molar-refractivity contribution < 1.29 is 19.4 Å². The molecule has 0 radical (unpaired) electrons. The van der Waals surface area contributed by atoms with Crippen LogP contribution >= 0.6 is 15.9 Å². The zero-order chi connectivity index (χ0) is 23.0. The van der Waals surface area contributed by atoms with Crippen LogP contribution in [0.1, 0.15) is 44.2 Å². The van der Waals surface area contributed by atoms with E-state index in [2.05, 4.69) is 28.2 Å². The Bertz CT molecular complexity index is 915. The summed E-state index contributed by atoms with van der Waals surface area (Å²) in [6.45, 7) is 5.18. The molecular weight excluding hydrogens is 472 g/mol. The van der Waals surface area contributed by atoms with E-state index < -0.39 is 11.6 Å². The van der Waals surface area contributed by atoms with Gasteiger partial charge in [0, 0.05) is 36.0 Å². The lowest BCUT2D eigenvalue weighted by atomic mass is 9.86. The molecule has 0 unspecified atom stereocenters. The van der Waals surface area contributed by atoms with Crippen molar-refractivity contribution in [2.45, 2.75) is 51.2 Å². The second kappa shape index (κ2) is 11.5. The molecule has 0 aliphatic carbocycles. The number of aliphatic hydroxyl groups excluding tert-OH is 1. The van der Waals surface area contributed by atoms with Crippen molar-refractivity contribution in [1.29, 1.82) is 0 Å². The third-order valence-corrected chi connectivity index (χ3v) is 6.06. The van der Waals surface area contributed by atoms with E-state index in [0.717, 1.165) is 28.4 Å². The Morgan fingerprint density at radius 1 is 1.19 bits per heavy atom. The van der Waals surface area contributed by atoms with Crippen LogP contribution in [0.2, 0.25) is 0 Å². The summed E-state index contributed by atoms with van der Waals surface area (Å²) >= 11 is 3.47. The first-order valence-corrected chi connectivity index (χ1v) is 11.9. The number of nitrogens with one attached hydrogen (secondary N) is 1. The normalized spacial score (nSPS) is 19.9. The quantitative estimate of drug-likeness (QED) is 0.449. The van der Waals surface area contributed by atoms with Gasteiger partial charge in [0.1, 0.15) is 11.9 Å². The van der Waals surface area contributed by atoms with Crippen molar-refractivity contribution in [2.24, 2.45) is 4.99 Å². The van der Waals surface area contributed by atoms with Crippen molar-refractivity contribution in [3.8, 4) is 5.75 Å². The number of hydrogen-bond donors (Lipinski definition) is 2. The maximum absolute atomic E-state index is 13.4. The van der Waals surface area contributed by atoms with Gasteiger partial charge in [0.2, 0.25) is 5.90 Å². The first-order chi connectivity index (χ1) is 15.5. The molecule has 172 valence electrons. The molecule has 6 nitrogen and oxygen atoms in total. The van der Waals surface area contributed by atoms with Gasteiger partial charge < -0.3 is 19.9 Å². The first-order valence-electron chi connectivity index (χ1n) is 11.1. The van der Waals surface area contributed by atoms with Gasteiger partial charge in [0.25, 0.3) is 5.91 Å². The summed E-state index contributed by atoms with van der Waals surface area (Å²) in [6, 6.07) is 15.4. The van der Waals surface area contributed by atoms with Crippen LogP contribution in [0.3, 0.4) is 0 Å². The summed E-state index contributed by atoms with van der Waals surface area (Å²) in [5.74, 6) is 1.06. The Morgan fingerprint density at radius 3 is 2.56 bits per heavy atom. The van der Waals surface area contributed by atoms with Gasteiger partial charge in [-0.2, -0.15) is 0 Å². The molecule has 1 amide bonds. The van der Waals surface area contributed by atoms with Crippen molar-refractivity contribution >= 4 is 27.7 Å². The fourth-order valence-electron chi connectivity index (χ4n) is 3.59. The number of carbonyl (C=O) groups excluding carboxylic acids is 1. The molecule has 7 heteroatoms. The number of hydrogen-bond acceptors (Lipinski definition) is 5. The van der Waals surface area contributed by atoms with Crippen LogP contribution in [0.5, 0.6) is 5.75 Å². The molecule has 0 fully saturated rings. The Labute approximate surface area is 198 Å². The number of benzene rings is 2. The van der Waals surface area contributed by atoms with Gasteiger partial charge >= 0.3 is 0 Å². The Hall–Kier alpha value is -2.38. The highest BCUT2D eigenvalue weighted by Gasteiger charge is 2.50. The van der Waals surface area contributed by atoms with Crippen LogP contribution in [0.4, 0.5) is 0 Å². The molecule has 0 saturated carbocycles. The van der Waals surface area contributed by atoms with Gasteiger partial charge in [-0.15, -0.1) is 0 Å². The van der Waals surface area contributed by atoms with Crippen molar-refractivity contribution in [1.82, 2.24) is 5.32 Å². The van der Waals surface area contributed by atoms with E-state index in [-0.39, 0.29) is 12.5 Å². The van der Waals surface area contributed by atoms with Crippen LogP contribution in [0.15, 0.2) is 58.0 Å². The summed E-state index contributed by atoms with van der Waals surface area (Å²) in [4.78, 5) is 18.2. The lowest BCUT2D eigenvalue weighted by Crippen LogP contribution is -2.52. The highest BCUT2D eigenvalue weighted by atomic mass is 79.9. The largest absolute Gasteiger partial charge is 0.494 e. The van der Waals surface area contributed by atoms with Crippen LogP contribution in [0.25, 0.3) is 0 Å². The minimum Gasteiger partial charge on any atom is -0.494 e. The number of amides is 1. The van der Waals surface area contributed by atoms with Gasteiger partial charge in [0.05, 0.1) is 6.61 Å². The minimum absolute atomic E-state index is 0.0986. The van der Waals surface area contributed by atoms with E-state index in [4.69, 9.17) is 19.6 Å². The monoisotopic (exact) mass is 502 g/mol. The number of unbranched alkanes of at least 4 members (excludes halogenated alkanes) is 1. The average Bonchev–Trinajstić information content (AvgIpc) is 3.13. The molecule has 2 aromatic rings. The number of halogens is 1. The van der Waals surface area contributed by atoms with Gasteiger partial charge in [-0.3, -0.25) is 4.79 Å². The zero-order valence-electron chi connectivity index (χ0n) is 18.6. The number of nitrogens with zero attached hydrogens (tertiary/aromatic N) is 1. The molecule has 0 spiro atoms. The van der Waals surface area contributed by atoms with Crippen molar-refractivity contribution in [3.05, 3.63) is 64.1 Å². The van der Waals surface area contributed by atoms with Crippen LogP contribution < -0.4 is 10.1 Å². The molecule has 2 atom stereocenters. The molecule has 1 aliphatic rings. The maximum Gasteiger partial charge on any atom is 0.252 e.